The van der Waals surface area contributed by atoms with Gasteiger partial charge in [-0.25, -0.2) is 9.18 Å². The summed E-state index contributed by atoms with van der Waals surface area (Å²) in [4.78, 5) is 10.9. The van der Waals surface area contributed by atoms with Gasteiger partial charge in [0.2, 0.25) is 0 Å². The van der Waals surface area contributed by atoms with E-state index in [0.29, 0.717) is 17.7 Å². The van der Waals surface area contributed by atoms with Crippen molar-refractivity contribution in [2.75, 3.05) is 7.11 Å². The maximum atomic E-state index is 13.9. The van der Waals surface area contributed by atoms with Gasteiger partial charge in [0.05, 0.1) is 12.7 Å². The van der Waals surface area contributed by atoms with Gasteiger partial charge in [0.25, 0.3) is 0 Å². The predicted octanol–water partition coefficient (Wildman–Crippen LogP) is 2.41. The first-order valence-corrected chi connectivity index (χ1v) is 5.26. The van der Waals surface area contributed by atoms with E-state index in [-0.39, 0.29) is 5.56 Å². The number of hydrogen-bond donors (Lipinski definition) is 1. The average Bonchev–Trinajstić information content (AvgIpc) is 2.29. The van der Waals surface area contributed by atoms with E-state index in [2.05, 4.69) is 0 Å². The quantitative estimate of drug-likeness (QED) is 0.839. The molecule has 0 heterocycles. The molecule has 0 spiro atoms. The first kappa shape index (κ1) is 10.9. The van der Waals surface area contributed by atoms with Gasteiger partial charge in [-0.2, -0.15) is 0 Å². The summed E-state index contributed by atoms with van der Waals surface area (Å²) >= 11 is 0. The lowest BCUT2D eigenvalue weighted by Gasteiger charge is -2.20. The third kappa shape index (κ3) is 1.64. The van der Waals surface area contributed by atoms with Crippen LogP contribution in [0.25, 0.3) is 0 Å². The standard InChI is InChI=1S/C12H13FO3/c1-16-10-6-9(12(14)15)11(13)8-5-3-2-4-7(8)10/h6H,2-5H2,1H3,(H,14,15). The lowest BCUT2D eigenvalue weighted by Crippen LogP contribution is -2.12. The highest BCUT2D eigenvalue weighted by Gasteiger charge is 2.23. The second-order valence-electron chi connectivity index (χ2n) is 3.91. The minimum atomic E-state index is -1.25. The number of carboxylic acids is 1. The summed E-state index contributed by atoms with van der Waals surface area (Å²) < 4.78 is 19.0. The third-order valence-corrected chi connectivity index (χ3v) is 2.99. The molecule has 3 nitrogen and oxygen atoms in total. The van der Waals surface area contributed by atoms with Gasteiger partial charge in [-0.15, -0.1) is 0 Å². The number of rotatable bonds is 2. The third-order valence-electron chi connectivity index (χ3n) is 2.99. The molecule has 1 aromatic carbocycles. The highest BCUT2D eigenvalue weighted by molar-refractivity contribution is 5.89. The number of methoxy groups -OCH3 is 1. The maximum Gasteiger partial charge on any atom is 0.338 e. The van der Waals surface area contributed by atoms with E-state index >= 15 is 0 Å². The van der Waals surface area contributed by atoms with Crippen LogP contribution >= 0.6 is 0 Å². The second kappa shape index (κ2) is 4.12. The van der Waals surface area contributed by atoms with E-state index in [0.717, 1.165) is 24.8 Å². The molecule has 0 saturated heterocycles. The molecule has 0 aliphatic heterocycles. The van der Waals surface area contributed by atoms with Crippen molar-refractivity contribution in [3.63, 3.8) is 0 Å². The molecule has 16 heavy (non-hydrogen) atoms. The Morgan fingerprint density at radius 2 is 2.00 bits per heavy atom. The molecule has 0 fully saturated rings. The van der Waals surface area contributed by atoms with Crippen molar-refractivity contribution in [2.45, 2.75) is 25.7 Å². The molecule has 0 unspecified atom stereocenters. The molecule has 1 N–H and O–H groups in total. The molecule has 1 aromatic rings. The van der Waals surface area contributed by atoms with Gasteiger partial charge in [-0.3, -0.25) is 0 Å². The average molecular weight is 224 g/mol. The number of carbonyl (C=O) groups is 1. The van der Waals surface area contributed by atoms with Crippen molar-refractivity contribution in [1.29, 1.82) is 0 Å². The smallest absolute Gasteiger partial charge is 0.338 e. The number of benzene rings is 1. The zero-order valence-corrected chi connectivity index (χ0v) is 9.05. The van der Waals surface area contributed by atoms with Gasteiger partial charge in [-0.1, -0.05) is 0 Å². The van der Waals surface area contributed by atoms with E-state index in [1.165, 1.54) is 13.2 Å². The van der Waals surface area contributed by atoms with Gasteiger partial charge in [0.1, 0.15) is 11.6 Å². The summed E-state index contributed by atoms with van der Waals surface area (Å²) in [6.45, 7) is 0. The summed E-state index contributed by atoms with van der Waals surface area (Å²) in [5.41, 5.74) is 1.05. The fourth-order valence-electron chi connectivity index (χ4n) is 2.20. The summed E-state index contributed by atoms with van der Waals surface area (Å²) in [5, 5.41) is 8.89. The predicted molar refractivity (Wildman–Crippen MR) is 56.6 cm³/mol. The van der Waals surface area contributed by atoms with Crippen LogP contribution in [0.5, 0.6) is 5.75 Å². The number of hydrogen-bond acceptors (Lipinski definition) is 2. The number of aromatic carboxylic acids is 1. The molecule has 0 bridgehead atoms. The molecule has 0 amide bonds. The fraction of sp³-hybridized carbons (Fsp3) is 0.417. The van der Waals surface area contributed by atoms with E-state index in [4.69, 9.17) is 9.84 Å². The van der Waals surface area contributed by atoms with Gasteiger partial charge < -0.3 is 9.84 Å². The monoisotopic (exact) mass is 224 g/mol. The minimum absolute atomic E-state index is 0.294. The maximum absolute atomic E-state index is 13.9. The lowest BCUT2D eigenvalue weighted by molar-refractivity contribution is 0.0691. The molecule has 0 atom stereocenters. The molecular formula is C12H13FO3. The molecular weight excluding hydrogens is 211 g/mol. The summed E-state index contributed by atoms with van der Waals surface area (Å²) in [6, 6.07) is 1.28. The number of carboxylic acid groups (broad SMARTS) is 1. The van der Waals surface area contributed by atoms with Crippen molar-refractivity contribution >= 4 is 5.97 Å². The van der Waals surface area contributed by atoms with E-state index < -0.39 is 11.8 Å². The molecule has 1 aliphatic carbocycles. The first-order chi connectivity index (χ1) is 7.65. The van der Waals surface area contributed by atoms with Gasteiger partial charge in [-0.05, 0) is 37.3 Å². The van der Waals surface area contributed by atoms with Crippen LogP contribution in [0.4, 0.5) is 4.39 Å². The molecule has 0 aromatic heterocycles. The highest BCUT2D eigenvalue weighted by atomic mass is 19.1. The van der Waals surface area contributed by atoms with Crippen molar-refractivity contribution in [3.05, 3.63) is 28.6 Å². The Hall–Kier alpha value is -1.58. The Morgan fingerprint density at radius 3 is 2.56 bits per heavy atom. The van der Waals surface area contributed by atoms with Crippen LogP contribution in [-0.4, -0.2) is 18.2 Å². The van der Waals surface area contributed by atoms with Crippen LogP contribution in [-0.2, 0) is 12.8 Å². The van der Waals surface area contributed by atoms with Crippen LogP contribution in [0.3, 0.4) is 0 Å². The Kier molecular flexibility index (Phi) is 2.81. The second-order valence-corrected chi connectivity index (χ2v) is 3.91. The SMILES string of the molecule is COc1cc(C(=O)O)c(F)c2c1CCCC2. The van der Waals surface area contributed by atoms with Crippen LogP contribution in [0.15, 0.2) is 6.07 Å². The molecule has 1 aliphatic rings. The van der Waals surface area contributed by atoms with Crippen molar-refractivity contribution in [1.82, 2.24) is 0 Å². The van der Waals surface area contributed by atoms with E-state index in [1.54, 1.807) is 0 Å². The molecule has 86 valence electrons. The number of halogens is 1. The molecule has 0 radical (unpaired) electrons. The normalized spacial score (nSPS) is 14.4. The van der Waals surface area contributed by atoms with Gasteiger partial charge >= 0.3 is 5.97 Å². The lowest BCUT2D eigenvalue weighted by atomic mass is 9.89. The molecule has 4 heteroatoms. The minimum Gasteiger partial charge on any atom is -0.496 e. The Labute approximate surface area is 92.9 Å². The largest absolute Gasteiger partial charge is 0.496 e. The Balaban J connectivity index is 2.64. The molecule has 0 saturated carbocycles. The summed E-state index contributed by atoms with van der Waals surface area (Å²) in [6.07, 6.45) is 3.25. The van der Waals surface area contributed by atoms with Crippen molar-refractivity contribution in [3.8, 4) is 5.75 Å². The van der Waals surface area contributed by atoms with Crippen LogP contribution in [0, 0.1) is 5.82 Å². The van der Waals surface area contributed by atoms with Crippen molar-refractivity contribution < 1.29 is 19.0 Å². The number of fused-ring (bicyclic) bond motifs is 1. The molecule has 2 rings (SSSR count). The Bertz CT molecular complexity index is 440. The fourth-order valence-corrected chi connectivity index (χ4v) is 2.20. The number of ether oxygens (including phenoxy) is 1. The Morgan fingerprint density at radius 1 is 1.38 bits per heavy atom. The summed E-state index contributed by atoms with van der Waals surface area (Å²) in [7, 11) is 1.48. The first-order valence-electron chi connectivity index (χ1n) is 5.26. The highest BCUT2D eigenvalue weighted by Crippen LogP contribution is 2.33. The zero-order chi connectivity index (χ0) is 11.7. The zero-order valence-electron chi connectivity index (χ0n) is 9.05. The van der Waals surface area contributed by atoms with Crippen LogP contribution < -0.4 is 4.74 Å². The summed E-state index contributed by atoms with van der Waals surface area (Å²) in [5.74, 6) is -1.35. The van der Waals surface area contributed by atoms with Crippen LogP contribution in [0.1, 0.15) is 34.3 Å². The van der Waals surface area contributed by atoms with Crippen LogP contribution in [0.2, 0.25) is 0 Å². The van der Waals surface area contributed by atoms with Gasteiger partial charge in [0, 0.05) is 5.56 Å². The van der Waals surface area contributed by atoms with Crippen molar-refractivity contribution in [2.24, 2.45) is 0 Å². The van der Waals surface area contributed by atoms with E-state index in [1.807, 2.05) is 0 Å². The van der Waals surface area contributed by atoms with E-state index in [9.17, 15) is 9.18 Å². The topological polar surface area (TPSA) is 46.5 Å². The van der Waals surface area contributed by atoms with Gasteiger partial charge in [0.15, 0.2) is 0 Å².